The molecule has 0 bridgehead atoms. The van der Waals surface area contributed by atoms with Gasteiger partial charge in [0.05, 0.1) is 6.20 Å². The Kier molecular flexibility index (Phi) is 1.74. The molecular formula is C8H8FN3. The lowest BCUT2D eigenvalue weighted by atomic mass is 10.5. The van der Waals surface area contributed by atoms with Crippen molar-refractivity contribution in [3.8, 4) is 0 Å². The van der Waals surface area contributed by atoms with Crippen molar-refractivity contribution >= 4 is 5.82 Å². The molecule has 0 aliphatic carbocycles. The zero-order chi connectivity index (χ0) is 8.39. The van der Waals surface area contributed by atoms with Crippen LogP contribution in [0.15, 0.2) is 24.7 Å². The summed E-state index contributed by atoms with van der Waals surface area (Å²) in [6, 6.07) is 0. The summed E-state index contributed by atoms with van der Waals surface area (Å²) in [6.07, 6.45) is 6.51. The second-order valence-electron chi connectivity index (χ2n) is 2.57. The van der Waals surface area contributed by atoms with Crippen LogP contribution in [0.1, 0.15) is 0 Å². The monoisotopic (exact) mass is 165 g/mol. The predicted molar refractivity (Wildman–Crippen MR) is 43.3 cm³/mol. The Morgan fingerprint density at radius 3 is 2.75 bits per heavy atom. The molecule has 2 rings (SSSR count). The molecule has 0 amide bonds. The van der Waals surface area contributed by atoms with E-state index in [-0.39, 0.29) is 5.82 Å². The first-order chi connectivity index (χ1) is 5.88. The van der Waals surface area contributed by atoms with Crippen molar-refractivity contribution < 1.29 is 4.39 Å². The highest BCUT2D eigenvalue weighted by atomic mass is 19.1. The van der Waals surface area contributed by atoms with Crippen molar-refractivity contribution in [1.29, 1.82) is 0 Å². The highest BCUT2D eigenvalue weighted by Gasteiger charge is 2.12. The molecule has 62 valence electrons. The summed E-state index contributed by atoms with van der Waals surface area (Å²) in [5.74, 6) is 0.0243. The van der Waals surface area contributed by atoms with Crippen molar-refractivity contribution in [2.75, 3.05) is 18.0 Å². The Morgan fingerprint density at radius 2 is 2.08 bits per heavy atom. The molecule has 1 aromatic heterocycles. The van der Waals surface area contributed by atoms with Gasteiger partial charge in [0.1, 0.15) is 6.33 Å². The summed E-state index contributed by atoms with van der Waals surface area (Å²) in [4.78, 5) is 9.29. The van der Waals surface area contributed by atoms with Crippen LogP contribution in [0.3, 0.4) is 0 Å². The van der Waals surface area contributed by atoms with E-state index in [4.69, 9.17) is 0 Å². The van der Waals surface area contributed by atoms with Crippen LogP contribution in [0.25, 0.3) is 0 Å². The topological polar surface area (TPSA) is 29.0 Å². The molecule has 12 heavy (non-hydrogen) atoms. The Morgan fingerprint density at radius 1 is 1.33 bits per heavy atom. The average molecular weight is 165 g/mol. The van der Waals surface area contributed by atoms with E-state index in [9.17, 15) is 4.39 Å². The van der Waals surface area contributed by atoms with Crippen molar-refractivity contribution in [1.82, 2.24) is 9.97 Å². The highest BCUT2D eigenvalue weighted by molar-refractivity contribution is 5.42. The number of hydrogen-bond donors (Lipinski definition) is 0. The van der Waals surface area contributed by atoms with Crippen molar-refractivity contribution in [3.05, 3.63) is 30.5 Å². The Bertz CT molecular complexity index is 303. The van der Waals surface area contributed by atoms with Crippen molar-refractivity contribution in [2.45, 2.75) is 0 Å². The minimum absolute atomic E-state index is 0.360. The number of anilines is 1. The van der Waals surface area contributed by atoms with Gasteiger partial charge >= 0.3 is 0 Å². The van der Waals surface area contributed by atoms with Gasteiger partial charge in [-0.3, -0.25) is 0 Å². The van der Waals surface area contributed by atoms with Gasteiger partial charge in [-0.15, -0.1) is 0 Å². The molecule has 0 atom stereocenters. The van der Waals surface area contributed by atoms with Crippen LogP contribution in [-0.2, 0) is 0 Å². The van der Waals surface area contributed by atoms with E-state index in [1.54, 1.807) is 0 Å². The summed E-state index contributed by atoms with van der Waals surface area (Å²) in [5, 5.41) is 0. The van der Waals surface area contributed by atoms with E-state index in [0.717, 1.165) is 13.1 Å². The third-order valence-electron chi connectivity index (χ3n) is 1.77. The van der Waals surface area contributed by atoms with Gasteiger partial charge in [-0.05, 0) is 0 Å². The second-order valence-corrected chi connectivity index (χ2v) is 2.57. The lowest BCUT2D eigenvalue weighted by Gasteiger charge is -2.15. The van der Waals surface area contributed by atoms with E-state index in [0.29, 0.717) is 5.82 Å². The molecule has 0 fully saturated rings. The van der Waals surface area contributed by atoms with E-state index in [1.807, 2.05) is 17.1 Å². The largest absolute Gasteiger partial charge is 0.347 e. The standard InChI is InChI=1S/C8H8FN3/c9-7-5-10-6-11-8(7)12-3-1-2-4-12/h1-2,5-6H,3-4H2. The van der Waals surface area contributed by atoms with Crippen molar-refractivity contribution in [2.24, 2.45) is 0 Å². The van der Waals surface area contributed by atoms with Crippen LogP contribution in [0.2, 0.25) is 0 Å². The van der Waals surface area contributed by atoms with Gasteiger partial charge in [0.2, 0.25) is 0 Å². The van der Waals surface area contributed by atoms with E-state index < -0.39 is 0 Å². The minimum atomic E-state index is -0.360. The highest BCUT2D eigenvalue weighted by Crippen LogP contribution is 2.15. The molecule has 0 saturated carbocycles. The second kappa shape index (κ2) is 2.89. The molecule has 0 unspecified atom stereocenters. The molecular weight excluding hydrogens is 157 g/mol. The normalized spacial score (nSPS) is 15.6. The quantitative estimate of drug-likeness (QED) is 0.581. The van der Waals surface area contributed by atoms with Crippen LogP contribution >= 0.6 is 0 Å². The van der Waals surface area contributed by atoms with Gasteiger partial charge in [0, 0.05) is 13.1 Å². The maximum absolute atomic E-state index is 13.0. The minimum Gasteiger partial charge on any atom is -0.347 e. The SMILES string of the molecule is Fc1cncnc1N1CC=CC1. The summed E-state index contributed by atoms with van der Waals surface area (Å²) in [7, 11) is 0. The molecule has 0 N–H and O–H groups in total. The van der Waals surface area contributed by atoms with Crippen LogP contribution < -0.4 is 4.90 Å². The molecule has 0 spiro atoms. The maximum atomic E-state index is 13.0. The average Bonchev–Trinajstić information content (AvgIpc) is 2.57. The fraction of sp³-hybridized carbons (Fsp3) is 0.250. The molecule has 1 aliphatic rings. The van der Waals surface area contributed by atoms with E-state index in [2.05, 4.69) is 9.97 Å². The van der Waals surface area contributed by atoms with Gasteiger partial charge < -0.3 is 4.90 Å². The number of nitrogens with zero attached hydrogens (tertiary/aromatic N) is 3. The molecule has 0 aromatic carbocycles. The Balaban J connectivity index is 2.27. The van der Waals surface area contributed by atoms with Crippen LogP contribution in [-0.4, -0.2) is 23.1 Å². The number of halogens is 1. The summed E-state index contributed by atoms with van der Waals surface area (Å²) in [6.45, 7) is 1.46. The number of hydrogen-bond acceptors (Lipinski definition) is 3. The van der Waals surface area contributed by atoms with E-state index in [1.165, 1.54) is 12.5 Å². The van der Waals surface area contributed by atoms with Gasteiger partial charge in [-0.1, -0.05) is 12.2 Å². The number of rotatable bonds is 1. The molecule has 2 heterocycles. The lowest BCUT2D eigenvalue weighted by Crippen LogP contribution is -2.21. The zero-order valence-corrected chi connectivity index (χ0v) is 6.44. The molecule has 0 saturated heterocycles. The Labute approximate surface area is 69.6 Å². The van der Waals surface area contributed by atoms with Crippen LogP contribution in [0.4, 0.5) is 10.2 Å². The third kappa shape index (κ3) is 1.15. The van der Waals surface area contributed by atoms with Crippen molar-refractivity contribution in [3.63, 3.8) is 0 Å². The van der Waals surface area contributed by atoms with Crippen LogP contribution in [0, 0.1) is 5.82 Å². The first-order valence-electron chi connectivity index (χ1n) is 3.73. The Hall–Kier alpha value is -1.45. The molecule has 0 radical (unpaired) electrons. The zero-order valence-electron chi connectivity index (χ0n) is 6.44. The summed E-state index contributed by atoms with van der Waals surface area (Å²) < 4.78 is 13.0. The van der Waals surface area contributed by atoms with E-state index >= 15 is 0 Å². The fourth-order valence-electron chi connectivity index (χ4n) is 1.19. The smallest absolute Gasteiger partial charge is 0.183 e. The molecule has 1 aromatic rings. The maximum Gasteiger partial charge on any atom is 0.183 e. The molecule has 3 nitrogen and oxygen atoms in total. The third-order valence-corrected chi connectivity index (χ3v) is 1.77. The molecule has 1 aliphatic heterocycles. The van der Waals surface area contributed by atoms with Gasteiger partial charge in [0.25, 0.3) is 0 Å². The first kappa shape index (κ1) is 7.21. The van der Waals surface area contributed by atoms with Gasteiger partial charge in [-0.2, -0.15) is 0 Å². The van der Waals surface area contributed by atoms with Gasteiger partial charge in [-0.25, -0.2) is 14.4 Å². The first-order valence-corrected chi connectivity index (χ1v) is 3.73. The fourth-order valence-corrected chi connectivity index (χ4v) is 1.19. The lowest BCUT2D eigenvalue weighted by molar-refractivity contribution is 0.609. The summed E-state index contributed by atoms with van der Waals surface area (Å²) in [5.41, 5.74) is 0. The van der Waals surface area contributed by atoms with Gasteiger partial charge in [0.15, 0.2) is 11.6 Å². The predicted octanol–water partition coefficient (Wildman–Crippen LogP) is 0.992. The molecule has 4 heteroatoms. The summed E-state index contributed by atoms with van der Waals surface area (Å²) >= 11 is 0. The number of aromatic nitrogens is 2. The van der Waals surface area contributed by atoms with Crippen LogP contribution in [0.5, 0.6) is 0 Å².